The van der Waals surface area contributed by atoms with Gasteiger partial charge in [0, 0.05) is 53.2 Å². The number of nitrogens with zero attached hydrogens (tertiary/aromatic N) is 5. The summed E-state index contributed by atoms with van der Waals surface area (Å²) in [5.74, 6) is -9.07. The van der Waals surface area contributed by atoms with Crippen molar-refractivity contribution in [2.24, 2.45) is 47.3 Å². The molecule has 5 saturated heterocycles. The van der Waals surface area contributed by atoms with E-state index < -0.39 is 217 Å². The highest BCUT2D eigenvalue weighted by atomic mass is 16.6. The molecule has 0 unspecified atom stereocenters. The lowest BCUT2D eigenvalue weighted by Gasteiger charge is -2.35. The van der Waals surface area contributed by atoms with Crippen LogP contribution in [0.2, 0.25) is 0 Å². The van der Waals surface area contributed by atoms with Gasteiger partial charge in [0.15, 0.2) is 0 Å². The van der Waals surface area contributed by atoms with Crippen LogP contribution in [0.25, 0.3) is 0 Å². The summed E-state index contributed by atoms with van der Waals surface area (Å²) in [5, 5.41) is 48.8. The summed E-state index contributed by atoms with van der Waals surface area (Å²) in [4.78, 5) is 207. The Morgan fingerprint density at radius 1 is 0.493 bits per heavy atom. The van der Waals surface area contributed by atoms with Crippen LogP contribution in [-0.4, -0.2) is 302 Å². The SMILES string of the molecule is C1CCOC1.CC.CC[C@H](C)[C@H]1NC(=O)[C@@H](NC(=O)[C@@H](CC(C)C)N(C)C)[C@@H](C)OC(=O)[C@H](Cc2ccc(OC)cc2)N(C)C(=O)[C@@H]2CCCN2C(=O)[C@H](CC(C)C)NC(=O)[C@H](C(C)C)NC(=O)C[C@@H]1O.CC[C@H](C)[C@H]1NC(=O)[C@@H](NC(=O)[C@@H](CC(C)C)NC)[C@@H](C)OC(=O)[C@H](Cc2ccc(OC)cc2)N(C)C(=O)[C@@H]2CCCN2C(=O)[C@H](CC(C)C)NC(=O)[C@H](C(C)C)NC(=O)C[C@@H]1O. The van der Waals surface area contributed by atoms with Gasteiger partial charge in [0.05, 0.1) is 63.4 Å². The van der Waals surface area contributed by atoms with Crippen molar-refractivity contribution in [1.82, 2.24) is 72.4 Å². The summed E-state index contributed by atoms with van der Waals surface area (Å²) in [6, 6.07) is -1.13. The van der Waals surface area contributed by atoms with Gasteiger partial charge in [0.25, 0.3) is 0 Å². The van der Waals surface area contributed by atoms with Crippen LogP contribution in [-0.2, 0) is 94.2 Å². The molecule has 758 valence electrons. The number of amides is 12. The lowest BCUT2D eigenvalue weighted by Crippen LogP contribution is -2.61. The number of carbonyl (C=O) groups is 14. The quantitative estimate of drug-likeness (QED) is 0.0459. The molecule has 35 heteroatoms. The van der Waals surface area contributed by atoms with Crippen LogP contribution in [0.4, 0.5) is 0 Å². The third-order valence-electron chi connectivity index (χ3n) is 25.4. The summed E-state index contributed by atoms with van der Waals surface area (Å²) < 4.78 is 27.8. The molecule has 12 amide bonds. The van der Waals surface area contributed by atoms with Gasteiger partial charge in [-0.3, -0.25) is 62.4 Å². The molecule has 2 aromatic carbocycles. The fourth-order valence-electron chi connectivity index (χ4n) is 17.1. The second-order valence-electron chi connectivity index (χ2n) is 38.9. The molecule has 2 aromatic rings. The number of hydrogen-bond donors (Lipinski definition) is 11. The molecule has 5 heterocycles. The van der Waals surface area contributed by atoms with Crippen LogP contribution >= 0.6 is 0 Å². The minimum atomic E-state index is -1.48. The Kier molecular flexibility index (Phi) is 50.1. The van der Waals surface area contributed by atoms with Gasteiger partial charge in [-0.2, -0.15) is 0 Å². The second kappa shape index (κ2) is 57.5. The molecule has 0 saturated carbocycles. The Labute approximate surface area is 796 Å². The van der Waals surface area contributed by atoms with E-state index in [1.54, 1.807) is 116 Å². The standard InChI is InChI=1S/C47H77N7O10.C46H75N7O10.C4H8O.C2H6/c1-14-29(8)40-37(55)25-38(56)49-39(28(6)7)43(58)48-33(22-26(2)3)45(60)54-21-15-16-34(54)46(61)53(12)36(24-31-17-19-32(63-13)20-18-31)47(62)64-30(9)41(44(59)50-40)51-42(57)35(52(10)11)23-27(4)5;1-13-28(8)39-36(54)24-37(55)49-38(27(6)7)42(57)48-33(22-26(4)5)44(59)53-20-14-15-34(53)45(60)52(11)35(23-30-16-18-31(62-12)19-17-30)46(61)63-29(9)40(43(58)50-39)51-41(56)32(47-10)21-25(2)3;1-2-4-5-3-1;1-2/h17-20,26-30,33-37,39-41,55H,14-16,21-25H2,1-13H3,(H,48,58)(H,49,56)(H,50,59)(H,51,57);16-19,25-29,32-36,38-40,47,54H,13-15,20-24H2,1-12H3,(H,48,57)(H,49,55)(H,50,58)(H,51,56);1-4H2;1-2H3/t29-,30+,33-,34-,35+,36-,37-,39-,40+,41-;28-,29+,32+,33-,34-,35-,36-,38-,39+,40-;;/m00../s1. The average molecular weight is 1890 g/mol. The first kappa shape index (κ1) is 117. The van der Waals surface area contributed by atoms with E-state index in [0.29, 0.717) is 74.0 Å². The number of ether oxygens (including phenoxy) is 5. The smallest absolute Gasteiger partial charge is 0.329 e. The molecule has 0 aromatic heterocycles. The molecule has 0 aliphatic carbocycles. The van der Waals surface area contributed by atoms with Crippen molar-refractivity contribution in [3.63, 3.8) is 0 Å². The summed E-state index contributed by atoms with van der Waals surface area (Å²) in [7, 11) is 11.1. The number of esters is 2. The number of aliphatic hydroxyl groups is 2. The predicted octanol–water partition coefficient (Wildman–Crippen LogP) is 6.31. The van der Waals surface area contributed by atoms with Crippen molar-refractivity contribution in [2.45, 2.75) is 350 Å². The first-order chi connectivity index (χ1) is 63.1. The average Bonchev–Trinajstić information content (AvgIpc) is 1.63. The first-order valence-corrected chi connectivity index (χ1v) is 48.6. The predicted molar refractivity (Wildman–Crippen MR) is 512 cm³/mol. The fraction of sp³-hybridized carbons (Fsp3) is 0.737. The van der Waals surface area contributed by atoms with Gasteiger partial charge in [0.1, 0.15) is 84.1 Å². The maximum absolute atomic E-state index is 14.7. The van der Waals surface area contributed by atoms with Gasteiger partial charge in [-0.05, 0) is 182 Å². The van der Waals surface area contributed by atoms with E-state index in [1.807, 2.05) is 83.1 Å². The van der Waals surface area contributed by atoms with Gasteiger partial charge in [-0.1, -0.05) is 162 Å². The molecule has 5 aliphatic rings. The lowest BCUT2D eigenvalue weighted by molar-refractivity contribution is -0.162. The lowest BCUT2D eigenvalue weighted by atomic mass is 9.91. The highest BCUT2D eigenvalue weighted by molar-refractivity contribution is 5.98. The molecule has 35 nitrogen and oxygen atoms in total. The summed E-state index contributed by atoms with van der Waals surface area (Å²) in [6.45, 7) is 39.2. The van der Waals surface area contributed by atoms with E-state index >= 15 is 0 Å². The van der Waals surface area contributed by atoms with E-state index in [1.165, 1.54) is 74.6 Å². The number of methoxy groups -OCH3 is 2. The molecule has 7 rings (SSSR count). The van der Waals surface area contributed by atoms with Gasteiger partial charge < -0.3 is 101 Å². The number of aliphatic hydroxyl groups excluding tert-OH is 2. The molecule has 0 spiro atoms. The van der Waals surface area contributed by atoms with Crippen molar-refractivity contribution >= 4 is 82.8 Å². The Bertz CT molecular complexity index is 4060. The molecule has 11 N–H and O–H groups in total. The van der Waals surface area contributed by atoms with Gasteiger partial charge in [-0.15, -0.1) is 0 Å². The van der Waals surface area contributed by atoms with Crippen LogP contribution in [0.1, 0.15) is 239 Å². The number of nitrogens with one attached hydrogen (secondary N) is 9. The largest absolute Gasteiger partial charge is 0.497 e. The maximum Gasteiger partial charge on any atom is 0.329 e. The van der Waals surface area contributed by atoms with E-state index in [4.69, 9.17) is 23.7 Å². The molecular formula is C99H166N14O21. The number of cyclic esters (lactones) is 2. The zero-order valence-corrected chi connectivity index (χ0v) is 85.2. The highest BCUT2D eigenvalue weighted by Gasteiger charge is 2.48. The number of benzene rings is 2. The number of rotatable bonds is 26. The molecule has 134 heavy (non-hydrogen) atoms. The highest BCUT2D eigenvalue weighted by Crippen LogP contribution is 2.30. The van der Waals surface area contributed by atoms with Crippen molar-refractivity contribution < 1.29 is 101 Å². The van der Waals surface area contributed by atoms with Crippen LogP contribution in [0, 0.1) is 47.3 Å². The van der Waals surface area contributed by atoms with E-state index in [0.717, 1.165) is 13.2 Å². The second-order valence-corrected chi connectivity index (χ2v) is 38.9. The fourth-order valence-corrected chi connectivity index (χ4v) is 17.1. The van der Waals surface area contributed by atoms with Gasteiger partial charge in [0.2, 0.25) is 70.9 Å². The summed E-state index contributed by atoms with van der Waals surface area (Å²) >= 11 is 0. The summed E-state index contributed by atoms with van der Waals surface area (Å²) in [6.07, 6.45) is 0.00672. The van der Waals surface area contributed by atoms with Crippen molar-refractivity contribution in [2.75, 3.05) is 75.8 Å². The Hall–Kier alpha value is -9.58. The van der Waals surface area contributed by atoms with Gasteiger partial charge >= 0.3 is 11.9 Å². The van der Waals surface area contributed by atoms with Crippen LogP contribution in [0.3, 0.4) is 0 Å². The maximum atomic E-state index is 14.7. The zero-order valence-electron chi connectivity index (χ0n) is 85.2. The molecule has 0 bridgehead atoms. The Morgan fingerprint density at radius 2 is 0.851 bits per heavy atom. The molecule has 20 atom stereocenters. The van der Waals surface area contributed by atoms with Gasteiger partial charge in [-0.25, -0.2) is 9.59 Å². The Morgan fingerprint density at radius 3 is 1.15 bits per heavy atom. The van der Waals surface area contributed by atoms with E-state index in [2.05, 4.69) is 47.9 Å². The third kappa shape index (κ3) is 35.5. The molecule has 5 fully saturated rings. The van der Waals surface area contributed by atoms with Crippen LogP contribution in [0.5, 0.6) is 11.5 Å². The monoisotopic (exact) mass is 1890 g/mol. The van der Waals surface area contributed by atoms with Crippen molar-refractivity contribution in [1.29, 1.82) is 0 Å². The molecular weight excluding hydrogens is 1720 g/mol. The number of hydrogen-bond acceptors (Lipinski definition) is 23. The minimum Gasteiger partial charge on any atom is -0.497 e. The number of likely N-dealkylation sites (N-methyl/N-ethyl adjacent to an activating group) is 4. The molecule has 0 radical (unpaired) electrons. The third-order valence-corrected chi connectivity index (χ3v) is 25.4. The van der Waals surface area contributed by atoms with Crippen molar-refractivity contribution in [3.05, 3.63) is 59.7 Å². The topological polar surface area (TPSA) is 450 Å². The first-order valence-electron chi connectivity index (χ1n) is 48.6. The van der Waals surface area contributed by atoms with E-state index in [9.17, 15) is 77.3 Å². The zero-order chi connectivity index (χ0) is 101. The van der Waals surface area contributed by atoms with Crippen LogP contribution < -0.4 is 57.3 Å². The minimum absolute atomic E-state index is 0.00923. The number of carbonyl (C=O) groups excluding carboxylic acids is 14. The van der Waals surface area contributed by atoms with Crippen molar-refractivity contribution in [3.8, 4) is 11.5 Å². The molecule has 5 aliphatic heterocycles. The van der Waals surface area contributed by atoms with E-state index in [-0.39, 0.29) is 74.3 Å². The Balaban J connectivity index is 0.000000522. The number of fused-ring (bicyclic) bond motifs is 2. The summed E-state index contributed by atoms with van der Waals surface area (Å²) in [5.41, 5.74) is 1.33. The normalized spacial score (nSPS) is 26.7. The van der Waals surface area contributed by atoms with Crippen LogP contribution in [0.15, 0.2) is 48.5 Å².